The van der Waals surface area contributed by atoms with Gasteiger partial charge in [-0.05, 0) is 71.1 Å². The van der Waals surface area contributed by atoms with Gasteiger partial charge in [-0.3, -0.25) is 8.97 Å². The largest absolute Gasteiger partial charge is 0.456 e. The Labute approximate surface area is 284 Å². The van der Waals surface area contributed by atoms with Crippen LogP contribution in [0.5, 0.6) is 0 Å². The molecule has 0 atom stereocenters. The lowest BCUT2D eigenvalue weighted by atomic mass is 9.93. The molecule has 12 aromatic rings. The third-order valence-corrected chi connectivity index (χ3v) is 10.7. The molecule has 0 spiro atoms. The van der Waals surface area contributed by atoms with Crippen molar-refractivity contribution in [3.05, 3.63) is 158 Å². The highest BCUT2D eigenvalue weighted by atomic mass is 16.3. The van der Waals surface area contributed by atoms with E-state index in [0.29, 0.717) is 0 Å². The summed E-state index contributed by atoms with van der Waals surface area (Å²) in [4.78, 5) is 0. The fourth-order valence-electron chi connectivity index (χ4n) is 8.64. The maximum Gasteiger partial charge on any atom is 0.136 e. The van der Waals surface area contributed by atoms with Crippen LogP contribution in [0.1, 0.15) is 0 Å². The molecule has 0 radical (unpaired) electrons. The van der Waals surface area contributed by atoms with Crippen LogP contribution >= 0.6 is 0 Å². The minimum Gasteiger partial charge on any atom is -0.456 e. The molecule has 7 aromatic carbocycles. The second-order valence-electron chi connectivity index (χ2n) is 13.3. The fraction of sp³-hybridized carbons (Fsp3) is 0. The molecule has 0 aliphatic rings. The maximum atomic E-state index is 6.36. The van der Waals surface area contributed by atoms with Crippen LogP contribution in [0.4, 0.5) is 0 Å². The molecule has 0 bridgehead atoms. The molecule has 0 amide bonds. The van der Waals surface area contributed by atoms with Crippen LogP contribution in [0, 0.1) is 0 Å². The summed E-state index contributed by atoms with van der Waals surface area (Å²) in [5.41, 5.74) is 11.7. The smallest absolute Gasteiger partial charge is 0.136 e. The monoisotopic (exact) mass is 638 g/mol. The Morgan fingerprint density at radius 3 is 1.76 bits per heavy atom. The van der Waals surface area contributed by atoms with Crippen molar-refractivity contribution in [1.29, 1.82) is 0 Å². The van der Waals surface area contributed by atoms with E-state index in [0.717, 1.165) is 60.7 Å². The number of pyridine rings is 1. The SMILES string of the molecule is c1ccc2c(c1)oc1ccc(-n3c4ccccc4c4cc5c6ccccc6c6c(-c7cccc8oc9ccccc9c78)cccc6n5c43)cc12. The first-order valence-corrected chi connectivity index (χ1v) is 17.0. The molecule has 0 aliphatic carbocycles. The summed E-state index contributed by atoms with van der Waals surface area (Å²) in [6.07, 6.45) is 0. The van der Waals surface area contributed by atoms with Gasteiger partial charge < -0.3 is 8.83 Å². The lowest BCUT2D eigenvalue weighted by Crippen LogP contribution is -1.99. The van der Waals surface area contributed by atoms with Crippen molar-refractivity contribution in [3.8, 4) is 16.8 Å². The Balaban J connectivity index is 1.27. The van der Waals surface area contributed by atoms with Crippen LogP contribution in [0.2, 0.25) is 0 Å². The molecule has 12 rings (SSSR count). The Morgan fingerprint density at radius 1 is 0.340 bits per heavy atom. The summed E-state index contributed by atoms with van der Waals surface area (Å²) in [7, 11) is 0. The van der Waals surface area contributed by atoms with Crippen LogP contribution < -0.4 is 0 Å². The van der Waals surface area contributed by atoms with Crippen LogP contribution in [-0.2, 0) is 0 Å². The molecule has 0 aliphatic heterocycles. The van der Waals surface area contributed by atoms with Gasteiger partial charge >= 0.3 is 0 Å². The van der Waals surface area contributed by atoms with E-state index in [-0.39, 0.29) is 0 Å². The number of fused-ring (bicyclic) bond motifs is 16. The number of furan rings is 2. The molecule has 4 heteroatoms. The number of para-hydroxylation sites is 3. The van der Waals surface area contributed by atoms with Gasteiger partial charge in [-0.1, -0.05) is 103 Å². The molecule has 0 fully saturated rings. The van der Waals surface area contributed by atoms with E-state index in [1.807, 2.05) is 18.2 Å². The lowest BCUT2D eigenvalue weighted by molar-refractivity contribution is 0.668. The Hall–Kier alpha value is -6.78. The molecule has 5 aromatic heterocycles. The van der Waals surface area contributed by atoms with Gasteiger partial charge in [-0.25, -0.2) is 0 Å². The van der Waals surface area contributed by atoms with Gasteiger partial charge in [0.15, 0.2) is 0 Å². The third kappa shape index (κ3) is 3.30. The maximum absolute atomic E-state index is 6.36. The van der Waals surface area contributed by atoms with E-state index in [4.69, 9.17) is 8.83 Å². The number of hydrogen-bond acceptors (Lipinski definition) is 2. The number of benzene rings is 7. The topological polar surface area (TPSA) is 35.6 Å². The van der Waals surface area contributed by atoms with Gasteiger partial charge in [0.2, 0.25) is 0 Å². The predicted molar refractivity (Wildman–Crippen MR) is 207 cm³/mol. The van der Waals surface area contributed by atoms with Gasteiger partial charge in [0.25, 0.3) is 0 Å². The summed E-state index contributed by atoms with van der Waals surface area (Å²) < 4.78 is 17.5. The van der Waals surface area contributed by atoms with Crippen molar-refractivity contribution in [1.82, 2.24) is 8.97 Å². The van der Waals surface area contributed by atoms with Crippen LogP contribution in [0.25, 0.3) is 110 Å². The molecule has 4 nitrogen and oxygen atoms in total. The lowest BCUT2D eigenvalue weighted by Gasteiger charge is -2.16. The van der Waals surface area contributed by atoms with Crippen molar-refractivity contribution in [2.24, 2.45) is 0 Å². The Morgan fingerprint density at radius 2 is 0.920 bits per heavy atom. The van der Waals surface area contributed by atoms with Crippen molar-refractivity contribution in [2.75, 3.05) is 0 Å². The third-order valence-electron chi connectivity index (χ3n) is 10.7. The zero-order chi connectivity index (χ0) is 32.5. The molecule has 0 saturated heterocycles. The zero-order valence-corrected chi connectivity index (χ0v) is 26.7. The van der Waals surface area contributed by atoms with Crippen LogP contribution in [0.15, 0.2) is 167 Å². The average Bonchev–Trinajstić information content (AvgIpc) is 3.93. The van der Waals surface area contributed by atoms with Gasteiger partial charge in [0, 0.05) is 48.8 Å². The van der Waals surface area contributed by atoms with Gasteiger partial charge in [-0.15, -0.1) is 0 Å². The number of aromatic nitrogens is 2. The number of nitrogens with zero attached hydrogens (tertiary/aromatic N) is 2. The first-order chi connectivity index (χ1) is 24.8. The van der Waals surface area contributed by atoms with Crippen LogP contribution in [0.3, 0.4) is 0 Å². The Bertz CT molecular complexity index is 3390. The molecule has 0 N–H and O–H groups in total. The molecule has 50 heavy (non-hydrogen) atoms. The second kappa shape index (κ2) is 9.43. The molecule has 5 heterocycles. The van der Waals surface area contributed by atoms with E-state index in [1.165, 1.54) is 49.1 Å². The first-order valence-electron chi connectivity index (χ1n) is 17.0. The van der Waals surface area contributed by atoms with Gasteiger partial charge in [0.05, 0.1) is 16.6 Å². The predicted octanol–water partition coefficient (Wildman–Crippen LogP) is 12.8. The summed E-state index contributed by atoms with van der Waals surface area (Å²) in [5, 5.41) is 10.6. The molecular formula is C46H26N2O2. The summed E-state index contributed by atoms with van der Waals surface area (Å²) in [6, 6.07) is 56.4. The van der Waals surface area contributed by atoms with Gasteiger partial charge in [-0.2, -0.15) is 0 Å². The molecule has 232 valence electrons. The minimum atomic E-state index is 0.893. The average molecular weight is 639 g/mol. The van der Waals surface area contributed by atoms with E-state index < -0.39 is 0 Å². The molecule has 0 saturated carbocycles. The Kier molecular flexibility index (Phi) is 4.94. The van der Waals surface area contributed by atoms with Crippen molar-refractivity contribution in [3.63, 3.8) is 0 Å². The van der Waals surface area contributed by atoms with Gasteiger partial charge in [0.1, 0.15) is 28.0 Å². The van der Waals surface area contributed by atoms with Crippen LogP contribution in [-0.4, -0.2) is 8.97 Å². The van der Waals surface area contributed by atoms with E-state index in [9.17, 15) is 0 Å². The fourth-order valence-corrected chi connectivity index (χ4v) is 8.64. The molecular weight excluding hydrogens is 613 g/mol. The van der Waals surface area contributed by atoms with E-state index in [1.54, 1.807) is 0 Å². The highest BCUT2D eigenvalue weighted by molar-refractivity contribution is 6.24. The minimum absolute atomic E-state index is 0.893. The zero-order valence-electron chi connectivity index (χ0n) is 26.7. The molecule has 0 unspecified atom stereocenters. The van der Waals surface area contributed by atoms with Crippen molar-refractivity contribution in [2.45, 2.75) is 0 Å². The summed E-state index contributed by atoms with van der Waals surface area (Å²) in [5.74, 6) is 0. The highest BCUT2D eigenvalue weighted by Crippen LogP contribution is 2.45. The number of rotatable bonds is 2. The quantitative estimate of drug-likeness (QED) is 0.177. The first kappa shape index (κ1) is 26.2. The van der Waals surface area contributed by atoms with Crippen molar-refractivity contribution < 1.29 is 8.83 Å². The summed E-state index contributed by atoms with van der Waals surface area (Å²) in [6.45, 7) is 0. The standard InChI is InChI=1S/C46H26N2O2/c1-2-14-31-28(11-1)39-26-36-29-12-3-6-18-37(29)47(27-23-24-42-35(25-27)30-13-4-7-20-40(30)49-42)46(36)48(39)38-19-9-16-32(44(31)38)33-17-10-22-43-45(33)34-15-5-8-21-41(34)50-43/h1-26H. The second-order valence-corrected chi connectivity index (χ2v) is 13.3. The normalized spacial score (nSPS) is 12.4. The highest BCUT2D eigenvalue weighted by Gasteiger charge is 2.23. The van der Waals surface area contributed by atoms with E-state index >= 15 is 0 Å². The van der Waals surface area contributed by atoms with E-state index in [2.05, 4.69) is 148 Å². The summed E-state index contributed by atoms with van der Waals surface area (Å²) >= 11 is 0. The number of hydrogen-bond donors (Lipinski definition) is 0. The van der Waals surface area contributed by atoms with Crippen molar-refractivity contribution >= 4 is 93.0 Å².